The van der Waals surface area contributed by atoms with Crippen LogP contribution in [0.2, 0.25) is 0 Å². The lowest BCUT2D eigenvalue weighted by Gasteiger charge is -1.91. The molecule has 1 aliphatic carbocycles. The third-order valence-electron chi connectivity index (χ3n) is 2.16. The first-order valence-corrected chi connectivity index (χ1v) is 5.53. The summed E-state index contributed by atoms with van der Waals surface area (Å²) in [6.45, 7) is 0. The van der Waals surface area contributed by atoms with E-state index >= 15 is 0 Å². The minimum absolute atomic E-state index is 1.01. The zero-order chi connectivity index (χ0) is 9.90. The van der Waals surface area contributed by atoms with Gasteiger partial charge in [0.25, 0.3) is 0 Å². The average molecular weight is 187 g/mol. The molecular formula is C14H19. The van der Waals surface area contributed by atoms with Crippen molar-refractivity contribution in [1.29, 1.82) is 0 Å². The lowest BCUT2D eigenvalue weighted by molar-refractivity contribution is 0.860. The number of rotatable bonds is 0. The molecular weight excluding hydrogens is 168 g/mol. The summed E-state index contributed by atoms with van der Waals surface area (Å²) in [6, 6.07) is 0. The minimum Gasteiger partial charge on any atom is -0.0885 e. The summed E-state index contributed by atoms with van der Waals surface area (Å²) in [5.74, 6) is 0. The maximum Gasteiger partial charge on any atom is -0.0160 e. The van der Waals surface area contributed by atoms with Crippen LogP contribution in [0.1, 0.15) is 38.5 Å². The summed E-state index contributed by atoms with van der Waals surface area (Å²) >= 11 is 0. The molecule has 0 atom stereocenters. The third kappa shape index (κ3) is 6.47. The maximum atomic E-state index is 3.16. The Morgan fingerprint density at radius 1 is 0.714 bits per heavy atom. The fraction of sp³-hybridized carbons (Fsp3) is 0.429. The van der Waals surface area contributed by atoms with Gasteiger partial charge in [0, 0.05) is 0 Å². The van der Waals surface area contributed by atoms with Gasteiger partial charge in [0.1, 0.15) is 0 Å². The van der Waals surface area contributed by atoms with E-state index in [0.717, 1.165) is 19.3 Å². The van der Waals surface area contributed by atoms with Crippen molar-refractivity contribution in [1.82, 2.24) is 0 Å². The van der Waals surface area contributed by atoms with Crippen molar-refractivity contribution in [3.63, 3.8) is 0 Å². The van der Waals surface area contributed by atoms with Crippen LogP contribution in [-0.2, 0) is 0 Å². The van der Waals surface area contributed by atoms with Crippen LogP contribution in [0.5, 0.6) is 0 Å². The molecule has 0 spiro atoms. The molecule has 0 heterocycles. The minimum atomic E-state index is 1.01. The van der Waals surface area contributed by atoms with Crippen LogP contribution in [-0.4, -0.2) is 0 Å². The van der Waals surface area contributed by atoms with Crippen LogP contribution in [0.3, 0.4) is 0 Å². The predicted molar refractivity (Wildman–Crippen MR) is 62.9 cm³/mol. The first kappa shape index (κ1) is 11.0. The van der Waals surface area contributed by atoms with Crippen molar-refractivity contribution in [3.05, 3.63) is 48.6 Å². The highest BCUT2D eigenvalue weighted by molar-refractivity contribution is 5.00. The Balaban J connectivity index is 2.35. The molecule has 0 aromatic heterocycles. The zero-order valence-corrected chi connectivity index (χ0v) is 8.78. The van der Waals surface area contributed by atoms with Gasteiger partial charge in [0.05, 0.1) is 0 Å². The smallest absolute Gasteiger partial charge is 0.0160 e. The summed E-state index contributed by atoms with van der Waals surface area (Å²) in [5, 5.41) is 0. The first-order valence-electron chi connectivity index (χ1n) is 5.53. The van der Waals surface area contributed by atoms with E-state index in [0.29, 0.717) is 0 Å². The van der Waals surface area contributed by atoms with Gasteiger partial charge in [0.15, 0.2) is 0 Å². The summed E-state index contributed by atoms with van der Waals surface area (Å²) in [5.41, 5.74) is 0. The second-order valence-electron chi connectivity index (χ2n) is 3.46. The van der Waals surface area contributed by atoms with E-state index in [-0.39, 0.29) is 0 Å². The molecule has 14 heavy (non-hydrogen) atoms. The molecule has 0 aromatic carbocycles. The lowest BCUT2D eigenvalue weighted by Crippen LogP contribution is -1.71. The highest BCUT2D eigenvalue weighted by Gasteiger charge is 1.82. The molecule has 0 unspecified atom stereocenters. The van der Waals surface area contributed by atoms with E-state index < -0.39 is 0 Å². The van der Waals surface area contributed by atoms with Gasteiger partial charge in [-0.25, -0.2) is 0 Å². The molecule has 0 saturated heterocycles. The highest BCUT2D eigenvalue weighted by atomic mass is 13.9. The molecule has 0 N–H and O–H groups in total. The summed E-state index contributed by atoms with van der Waals surface area (Å²) in [4.78, 5) is 0. The Bertz CT molecular complexity index is 228. The number of hydrogen-bond donors (Lipinski definition) is 0. The van der Waals surface area contributed by atoms with Crippen LogP contribution in [0.15, 0.2) is 42.5 Å². The first-order chi connectivity index (χ1) is 7.00. The standard InChI is InChI=1S/C14H19/c1-2-4-6-8-10-12-14-13-11-9-7-5-3-1/h1-2,5,9-12H,3-4,6,8,13-14H2/b2-1-,7-5?,11-9+,12-10+. The Morgan fingerprint density at radius 3 is 2.36 bits per heavy atom. The van der Waals surface area contributed by atoms with E-state index in [1.807, 2.05) is 6.08 Å². The van der Waals surface area contributed by atoms with Crippen LogP contribution >= 0.6 is 0 Å². The lowest BCUT2D eigenvalue weighted by atomic mass is 10.2. The molecule has 0 amide bonds. The molecule has 0 bridgehead atoms. The second kappa shape index (κ2) is 8.55. The van der Waals surface area contributed by atoms with Crippen LogP contribution in [0.4, 0.5) is 0 Å². The maximum absolute atomic E-state index is 3.16. The van der Waals surface area contributed by atoms with Crippen molar-refractivity contribution in [2.24, 2.45) is 0 Å². The Hall–Kier alpha value is -1.04. The Labute approximate surface area is 87.7 Å². The van der Waals surface area contributed by atoms with Gasteiger partial charge in [0.2, 0.25) is 0 Å². The fourth-order valence-electron chi connectivity index (χ4n) is 1.35. The molecule has 0 nitrogen and oxygen atoms in total. The molecule has 1 radical (unpaired) electrons. The summed E-state index contributed by atoms with van der Waals surface area (Å²) in [6.07, 6.45) is 25.5. The average Bonchev–Trinajstić information content (AvgIpc) is 2.22. The Kier molecular flexibility index (Phi) is 6.74. The predicted octanol–water partition coefficient (Wildman–Crippen LogP) is 4.37. The fourth-order valence-corrected chi connectivity index (χ4v) is 1.35. The van der Waals surface area contributed by atoms with Gasteiger partial charge in [-0.1, -0.05) is 42.5 Å². The van der Waals surface area contributed by atoms with Crippen LogP contribution in [0, 0.1) is 6.08 Å². The van der Waals surface area contributed by atoms with Crippen molar-refractivity contribution in [2.75, 3.05) is 0 Å². The topological polar surface area (TPSA) is 0 Å². The number of allylic oxidation sites excluding steroid dienone is 8. The van der Waals surface area contributed by atoms with Crippen LogP contribution in [0.25, 0.3) is 0 Å². The zero-order valence-electron chi connectivity index (χ0n) is 8.78. The normalized spacial score (nSPS) is 28.6. The molecule has 1 rings (SSSR count). The van der Waals surface area contributed by atoms with Crippen LogP contribution < -0.4 is 0 Å². The van der Waals surface area contributed by atoms with Gasteiger partial charge >= 0.3 is 0 Å². The molecule has 0 aromatic rings. The van der Waals surface area contributed by atoms with E-state index in [4.69, 9.17) is 0 Å². The van der Waals surface area contributed by atoms with Gasteiger partial charge in [-0.15, -0.1) is 0 Å². The molecule has 0 fully saturated rings. The monoisotopic (exact) mass is 187 g/mol. The number of hydrogen-bond acceptors (Lipinski definition) is 0. The molecule has 1 aliphatic rings. The molecule has 75 valence electrons. The van der Waals surface area contributed by atoms with Crippen molar-refractivity contribution in [3.8, 4) is 0 Å². The molecule has 0 aliphatic heterocycles. The van der Waals surface area contributed by atoms with Gasteiger partial charge in [-0.3, -0.25) is 0 Å². The second-order valence-corrected chi connectivity index (χ2v) is 3.46. The Morgan fingerprint density at radius 2 is 1.43 bits per heavy atom. The van der Waals surface area contributed by atoms with E-state index in [1.54, 1.807) is 0 Å². The third-order valence-corrected chi connectivity index (χ3v) is 2.16. The quantitative estimate of drug-likeness (QED) is 0.494. The molecule has 0 heteroatoms. The summed E-state index contributed by atoms with van der Waals surface area (Å²) < 4.78 is 0. The van der Waals surface area contributed by atoms with Gasteiger partial charge < -0.3 is 0 Å². The largest absolute Gasteiger partial charge is 0.0885 e. The van der Waals surface area contributed by atoms with Gasteiger partial charge in [-0.2, -0.15) is 0 Å². The van der Waals surface area contributed by atoms with E-state index in [1.165, 1.54) is 19.3 Å². The van der Waals surface area contributed by atoms with Crippen molar-refractivity contribution in [2.45, 2.75) is 38.5 Å². The van der Waals surface area contributed by atoms with E-state index in [2.05, 4.69) is 42.5 Å². The van der Waals surface area contributed by atoms with E-state index in [9.17, 15) is 0 Å². The highest BCUT2D eigenvalue weighted by Crippen LogP contribution is 2.02. The van der Waals surface area contributed by atoms with Crippen molar-refractivity contribution < 1.29 is 0 Å². The van der Waals surface area contributed by atoms with Crippen molar-refractivity contribution >= 4 is 0 Å². The summed E-state index contributed by atoms with van der Waals surface area (Å²) in [7, 11) is 0. The SMILES string of the molecule is [C]1=C/C/C=C\CCC/C=C/CC/C=C/1. The molecule has 0 saturated carbocycles. The van der Waals surface area contributed by atoms with Gasteiger partial charge in [-0.05, 0) is 44.6 Å².